The number of rotatable bonds is 0. The van der Waals surface area contributed by atoms with Gasteiger partial charge in [0, 0.05) is 15.4 Å². The normalized spacial score (nSPS) is 20.6. The van der Waals surface area contributed by atoms with Gasteiger partial charge < -0.3 is 0 Å². The predicted molar refractivity (Wildman–Crippen MR) is 54.3 cm³/mol. The molecular formula is C8H7BrO2S. The molecule has 0 saturated carbocycles. The van der Waals surface area contributed by atoms with Crippen molar-refractivity contribution in [3.63, 3.8) is 0 Å². The van der Waals surface area contributed by atoms with Gasteiger partial charge >= 0.3 is 0 Å². The molecule has 1 aliphatic heterocycles. The van der Waals surface area contributed by atoms with Gasteiger partial charge in [0.15, 0.2) is 0 Å². The quantitative estimate of drug-likeness (QED) is 0.736. The van der Waals surface area contributed by atoms with Crippen molar-refractivity contribution in [2.45, 2.75) is 4.90 Å². The molecule has 4 heteroatoms. The predicted octanol–water partition coefficient (Wildman–Crippen LogP) is 3.54. The molecule has 0 saturated heterocycles. The van der Waals surface area contributed by atoms with E-state index in [1.165, 1.54) is 5.41 Å². The van der Waals surface area contributed by atoms with Gasteiger partial charge in [-0.05, 0) is 18.2 Å². The summed E-state index contributed by atoms with van der Waals surface area (Å²) in [6.07, 6.45) is 1.73. The summed E-state index contributed by atoms with van der Waals surface area (Å²) in [7, 11) is -2.64. The molecule has 2 rings (SSSR count). The van der Waals surface area contributed by atoms with Gasteiger partial charge in [-0.15, -0.1) is 10.6 Å². The molecule has 0 unspecified atom stereocenters. The van der Waals surface area contributed by atoms with E-state index in [1.54, 1.807) is 18.2 Å². The molecule has 0 atom stereocenters. The number of hydrogen-bond donors (Lipinski definition) is 2. The van der Waals surface area contributed by atoms with Gasteiger partial charge in [-0.1, -0.05) is 22.0 Å². The van der Waals surface area contributed by atoms with Gasteiger partial charge in [0.2, 0.25) is 0 Å². The minimum atomic E-state index is -2.64. The Kier molecular flexibility index (Phi) is 1.80. The summed E-state index contributed by atoms with van der Waals surface area (Å²) in [6, 6.07) is 5.41. The average molecular weight is 247 g/mol. The first-order chi connectivity index (χ1) is 5.61. The lowest BCUT2D eigenvalue weighted by Gasteiger charge is -2.25. The SMILES string of the molecule is OS1(O)C=Cc2c(Br)cccc21. The summed E-state index contributed by atoms with van der Waals surface area (Å²) >= 11 is 3.34. The zero-order valence-corrected chi connectivity index (χ0v) is 8.47. The molecule has 64 valence electrons. The maximum atomic E-state index is 9.50. The highest BCUT2D eigenvalue weighted by molar-refractivity contribution is 9.10. The van der Waals surface area contributed by atoms with Crippen LogP contribution < -0.4 is 0 Å². The van der Waals surface area contributed by atoms with Crippen molar-refractivity contribution in [3.8, 4) is 0 Å². The fraction of sp³-hybridized carbons (Fsp3) is 0. The van der Waals surface area contributed by atoms with Crippen LogP contribution >= 0.6 is 26.5 Å². The smallest absolute Gasteiger partial charge is 0.0714 e. The van der Waals surface area contributed by atoms with Crippen LogP contribution in [-0.2, 0) is 0 Å². The second-order valence-electron chi connectivity index (χ2n) is 2.55. The van der Waals surface area contributed by atoms with Crippen LogP contribution in [0.25, 0.3) is 6.08 Å². The molecule has 12 heavy (non-hydrogen) atoms. The fourth-order valence-electron chi connectivity index (χ4n) is 1.18. The van der Waals surface area contributed by atoms with Crippen LogP contribution in [0.4, 0.5) is 0 Å². The van der Waals surface area contributed by atoms with Crippen molar-refractivity contribution >= 4 is 32.6 Å². The van der Waals surface area contributed by atoms with Crippen LogP contribution in [0.3, 0.4) is 0 Å². The van der Waals surface area contributed by atoms with Crippen LogP contribution in [0, 0.1) is 0 Å². The third kappa shape index (κ3) is 1.11. The zero-order chi connectivity index (χ0) is 8.77. The average Bonchev–Trinajstić information content (AvgIpc) is 2.30. The van der Waals surface area contributed by atoms with Crippen molar-refractivity contribution in [1.82, 2.24) is 0 Å². The second kappa shape index (κ2) is 2.60. The Bertz CT molecular complexity index is 360. The van der Waals surface area contributed by atoms with Gasteiger partial charge in [-0.3, -0.25) is 9.11 Å². The van der Waals surface area contributed by atoms with Crippen molar-refractivity contribution in [2.75, 3.05) is 0 Å². The van der Waals surface area contributed by atoms with Crippen LogP contribution in [0.5, 0.6) is 0 Å². The highest BCUT2D eigenvalue weighted by atomic mass is 79.9. The van der Waals surface area contributed by atoms with Crippen LogP contribution in [-0.4, -0.2) is 9.11 Å². The molecule has 1 aromatic rings. The van der Waals surface area contributed by atoms with E-state index in [9.17, 15) is 9.11 Å². The van der Waals surface area contributed by atoms with E-state index in [-0.39, 0.29) is 0 Å². The summed E-state index contributed by atoms with van der Waals surface area (Å²) in [4.78, 5) is 0.608. The molecule has 0 spiro atoms. The number of hydrogen-bond acceptors (Lipinski definition) is 2. The van der Waals surface area contributed by atoms with E-state index >= 15 is 0 Å². The first-order valence-electron chi connectivity index (χ1n) is 3.36. The molecule has 2 N–H and O–H groups in total. The zero-order valence-electron chi connectivity index (χ0n) is 6.07. The highest BCUT2D eigenvalue weighted by Gasteiger charge is 2.22. The second-order valence-corrected chi connectivity index (χ2v) is 5.30. The number of benzene rings is 1. The first-order valence-corrected chi connectivity index (χ1v) is 5.76. The lowest BCUT2D eigenvalue weighted by Crippen LogP contribution is -1.91. The summed E-state index contributed by atoms with van der Waals surface area (Å²) in [6.45, 7) is 0. The van der Waals surface area contributed by atoms with Gasteiger partial charge in [0.25, 0.3) is 0 Å². The lowest BCUT2D eigenvalue weighted by molar-refractivity contribution is 0.500. The Morgan fingerprint density at radius 2 is 2.00 bits per heavy atom. The standard InChI is InChI=1S/C8H7BrO2S/c9-7-2-1-3-8-6(7)4-5-12(8,10)11/h1-5,10-11H. The molecule has 0 aliphatic carbocycles. The summed E-state index contributed by atoms with van der Waals surface area (Å²) in [5.41, 5.74) is 0.873. The molecule has 1 aliphatic rings. The molecule has 2 nitrogen and oxygen atoms in total. The third-order valence-electron chi connectivity index (χ3n) is 1.76. The van der Waals surface area contributed by atoms with E-state index < -0.39 is 10.6 Å². The Hall–Kier alpha value is -0.290. The molecule has 1 aromatic carbocycles. The fourth-order valence-corrected chi connectivity index (χ4v) is 3.06. The third-order valence-corrected chi connectivity index (χ3v) is 3.97. The molecular weight excluding hydrogens is 240 g/mol. The van der Waals surface area contributed by atoms with E-state index in [4.69, 9.17) is 0 Å². The van der Waals surface area contributed by atoms with Crippen LogP contribution in [0.1, 0.15) is 5.56 Å². The van der Waals surface area contributed by atoms with E-state index in [0.717, 1.165) is 10.0 Å². The Labute approximate surface area is 80.4 Å². The number of fused-ring (bicyclic) bond motifs is 1. The Morgan fingerprint density at radius 1 is 1.25 bits per heavy atom. The molecule has 0 amide bonds. The van der Waals surface area contributed by atoms with E-state index in [2.05, 4.69) is 15.9 Å². The molecule has 1 heterocycles. The van der Waals surface area contributed by atoms with Gasteiger partial charge in [0.05, 0.1) is 4.90 Å². The van der Waals surface area contributed by atoms with Gasteiger partial charge in [-0.25, -0.2) is 0 Å². The van der Waals surface area contributed by atoms with Gasteiger partial charge in [0.1, 0.15) is 0 Å². The summed E-state index contributed by atoms with van der Waals surface area (Å²) in [5.74, 6) is 0. The molecule has 0 fully saturated rings. The van der Waals surface area contributed by atoms with Crippen molar-refractivity contribution in [1.29, 1.82) is 0 Å². The Balaban J connectivity index is 2.68. The minimum Gasteiger partial charge on any atom is -0.291 e. The topological polar surface area (TPSA) is 40.5 Å². The summed E-state index contributed by atoms with van der Waals surface area (Å²) in [5, 5.41) is 1.45. The van der Waals surface area contributed by atoms with Gasteiger partial charge in [-0.2, -0.15) is 0 Å². The number of halogens is 1. The van der Waals surface area contributed by atoms with Crippen molar-refractivity contribution < 1.29 is 9.11 Å². The minimum absolute atomic E-state index is 0.608. The van der Waals surface area contributed by atoms with Crippen LogP contribution in [0.15, 0.2) is 33.0 Å². The molecule has 0 aromatic heterocycles. The van der Waals surface area contributed by atoms with E-state index in [1.807, 2.05) is 6.07 Å². The van der Waals surface area contributed by atoms with E-state index in [0.29, 0.717) is 4.90 Å². The van der Waals surface area contributed by atoms with Crippen molar-refractivity contribution in [3.05, 3.63) is 33.6 Å². The molecule has 0 radical (unpaired) electrons. The van der Waals surface area contributed by atoms with Crippen LogP contribution in [0.2, 0.25) is 0 Å². The summed E-state index contributed by atoms with van der Waals surface area (Å²) < 4.78 is 19.9. The largest absolute Gasteiger partial charge is 0.291 e. The monoisotopic (exact) mass is 246 g/mol. The maximum Gasteiger partial charge on any atom is 0.0714 e. The highest BCUT2D eigenvalue weighted by Crippen LogP contribution is 2.57. The maximum absolute atomic E-state index is 9.50. The first kappa shape index (κ1) is 8.31. The molecule has 0 bridgehead atoms. The van der Waals surface area contributed by atoms with Crippen molar-refractivity contribution in [2.24, 2.45) is 0 Å². The Morgan fingerprint density at radius 3 is 2.67 bits per heavy atom. The lowest BCUT2D eigenvalue weighted by atomic mass is 10.2.